The third kappa shape index (κ3) is 4.90. The molecule has 0 aliphatic rings. The summed E-state index contributed by atoms with van der Waals surface area (Å²) in [4.78, 5) is 25.4. The number of amides is 1. The van der Waals surface area contributed by atoms with Crippen LogP contribution in [0.3, 0.4) is 0 Å². The molecule has 0 fully saturated rings. The average molecular weight is 512 g/mol. The van der Waals surface area contributed by atoms with Crippen LogP contribution in [-0.4, -0.2) is 28.3 Å². The van der Waals surface area contributed by atoms with Crippen molar-refractivity contribution in [3.05, 3.63) is 75.5 Å². The van der Waals surface area contributed by atoms with E-state index in [4.69, 9.17) is 16.3 Å². The first kappa shape index (κ1) is 23.7. The van der Waals surface area contributed by atoms with Gasteiger partial charge in [-0.25, -0.2) is 13.9 Å². The predicted molar refractivity (Wildman–Crippen MR) is 119 cm³/mol. The normalized spacial score (nSPS) is 11.6. The number of ether oxygens (including phenoxy) is 1. The van der Waals surface area contributed by atoms with Crippen LogP contribution in [0.25, 0.3) is 15.9 Å². The van der Waals surface area contributed by atoms with Gasteiger partial charge in [-0.1, -0.05) is 11.6 Å². The Bertz CT molecular complexity index is 1400. The summed E-state index contributed by atoms with van der Waals surface area (Å²) >= 11 is 6.63. The third-order valence-corrected chi connectivity index (χ3v) is 6.13. The van der Waals surface area contributed by atoms with Crippen molar-refractivity contribution in [2.24, 2.45) is 0 Å². The molecule has 0 atom stereocenters. The summed E-state index contributed by atoms with van der Waals surface area (Å²) in [7, 11) is 0. The van der Waals surface area contributed by atoms with Gasteiger partial charge in [-0.3, -0.25) is 4.79 Å². The first-order valence-electron chi connectivity index (χ1n) is 9.62. The number of fused-ring (bicyclic) bond motifs is 1. The molecular formula is C22H14ClF4N3O3S. The molecule has 2 aromatic heterocycles. The summed E-state index contributed by atoms with van der Waals surface area (Å²) in [5, 5.41) is 6.82. The lowest BCUT2D eigenvalue weighted by Gasteiger charge is -2.11. The molecule has 4 aromatic rings. The second-order valence-electron chi connectivity index (χ2n) is 7.12. The van der Waals surface area contributed by atoms with Gasteiger partial charge >= 0.3 is 12.1 Å². The number of benzene rings is 2. The molecule has 0 aliphatic carbocycles. The predicted octanol–water partition coefficient (Wildman–Crippen LogP) is 6.00. The number of rotatable bonds is 5. The van der Waals surface area contributed by atoms with E-state index in [9.17, 15) is 27.2 Å². The van der Waals surface area contributed by atoms with Crippen LogP contribution < -0.4 is 5.32 Å². The van der Waals surface area contributed by atoms with Gasteiger partial charge in [0.2, 0.25) is 0 Å². The number of halogens is 5. The number of carbonyl (C=O) groups is 2. The van der Waals surface area contributed by atoms with Gasteiger partial charge in [-0.05, 0) is 55.5 Å². The largest absolute Gasteiger partial charge is 0.451 e. The first-order valence-corrected chi connectivity index (χ1v) is 10.8. The molecule has 176 valence electrons. The molecule has 0 unspecified atom stereocenters. The Morgan fingerprint density at radius 2 is 1.85 bits per heavy atom. The highest BCUT2D eigenvalue weighted by molar-refractivity contribution is 7.20. The second-order valence-corrected chi connectivity index (χ2v) is 8.56. The summed E-state index contributed by atoms with van der Waals surface area (Å²) in [6.45, 7) is 1.04. The van der Waals surface area contributed by atoms with Crippen molar-refractivity contribution in [1.29, 1.82) is 0 Å². The van der Waals surface area contributed by atoms with Crippen LogP contribution in [0, 0.1) is 12.7 Å². The molecular weight excluding hydrogens is 498 g/mol. The van der Waals surface area contributed by atoms with E-state index in [2.05, 4.69) is 10.4 Å². The molecule has 12 heteroatoms. The van der Waals surface area contributed by atoms with Crippen LogP contribution in [0.2, 0.25) is 5.02 Å². The van der Waals surface area contributed by atoms with E-state index in [1.165, 1.54) is 18.2 Å². The smallest absolute Gasteiger partial charge is 0.417 e. The fourth-order valence-corrected chi connectivity index (χ4v) is 4.43. The van der Waals surface area contributed by atoms with Crippen LogP contribution in [0.1, 0.15) is 20.9 Å². The monoisotopic (exact) mass is 511 g/mol. The Kier molecular flexibility index (Phi) is 6.32. The number of thiophene rings is 1. The van der Waals surface area contributed by atoms with Crippen molar-refractivity contribution in [3.8, 4) is 5.69 Å². The van der Waals surface area contributed by atoms with Crippen molar-refractivity contribution in [3.63, 3.8) is 0 Å². The number of carbonyl (C=O) groups excluding carboxylic acids is 2. The third-order valence-electron chi connectivity index (χ3n) is 4.71. The highest BCUT2D eigenvalue weighted by Crippen LogP contribution is 2.36. The minimum Gasteiger partial charge on any atom is -0.451 e. The van der Waals surface area contributed by atoms with E-state index in [1.807, 2.05) is 0 Å². The Labute approximate surface area is 198 Å². The first-order chi connectivity index (χ1) is 16.0. The zero-order valence-corrected chi connectivity index (χ0v) is 18.8. The number of nitrogens with one attached hydrogen (secondary N) is 1. The fraction of sp³-hybridized carbons (Fsp3) is 0.136. The van der Waals surface area contributed by atoms with E-state index in [0.717, 1.165) is 17.4 Å². The van der Waals surface area contributed by atoms with Crippen molar-refractivity contribution in [2.45, 2.75) is 13.1 Å². The number of aryl methyl sites for hydroxylation is 1. The lowest BCUT2D eigenvalue weighted by molar-refractivity contribution is -0.137. The van der Waals surface area contributed by atoms with Gasteiger partial charge in [0.25, 0.3) is 5.91 Å². The van der Waals surface area contributed by atoms with Crippen molar-refractivity contribution in [1.82, 2.24) is 9.78 Å². The van der Waals surface area contributed by atoms with Crippen molar-refractivity contribution >= 4 is 50.7 Å². The summed E-state index contributed by atoms with van der Waals surface area (Å²) in [6.07, 6.45) is -4.69. The SMILES string of the molecule is Cc1nn(-c2ccc(F)cc2)c2sc(C(=O)OCC(=O)Nc3ccc(Cl)c(C(F)(F)F)c3)cc12. The van der Waals surface area contributed by atoms with Crippen LogP contribution in [0.15, 0.2) is 48.5 Å². The Balaban J connectivity index is 1.45. The average Bonchev–Trinajstić information content (AvgIpc) is 3.34. The topological polar surface area (TPSA) is 73.2 Å². The number of aromatic nitrogens is 2. The van der Waals surface area contributed by atoms with Crippen LogP contribution in [0.5, 0.6) is 0 Å². The summed E-state index contributed by atoms with van der Waals surface area (Å²) in [6, 6.07) is 10.1. The number of anilines is 1. The molecule has 1 amide bonds. The van der Waals surface area contributed by atoms with E-state index in [-0.39, 0.29) is 10.6 Å². The number of esters is 1. The second kappa shape index (κ2) is 9.07. The summed E-state index contributed by atoms with van der Waals surface area (Å²) in [5.74, 6) is -2.00. The minimum atomic E-state index is -4.69. The van der Waals surface area contributed by atoms with Crippen LogP contribution in [0.4, 0.5) is 23.2 Å². The zero-order valence-electron chi connectivity index (χ0n) is 17.2. The maximum atomic E-state index is 13.2. The highest BCUT2D eigenvalue weighted by atomic mass is 35.5. The molecule has 6 nitrogen and oxygen atoms in total. The molecule has 0 saturated carbocycles. The van der Waals surface area contributed by atoms with Gasteiger partial charge in [0.05, 0.1) is 22.0 Å². The number of hydrogen-bond donors (Lipinski definition) is 1. The molecule has 1 N–H and O–H groups in total. The number of alkyl halides is 3. The van der Waals surface area contributed by atoms with Gasteiger partial charge < -0.3 is 10.1 Å². The van der Waals surface area contributed by atoms with Crippen LogP contribution in [-0.2, 0) is 15.7 Å². The standard InChI is InChI=1S/C22H14ClF4N3O3S/c1-11-15-9-18(34-20(15)30(29-11)14-5-2-12(24)3-6-14)21(32)33-10-19(31)28-13-4-7-17(23)16(8-13)22(25,26)27/h2-9H,10H2,1H3,(H,28,31). The summed E-state index contributed by atoms with van der Waals surface area (Å²) < 4.78 is 58.7. The molecule has 0 radical (unpaired) electrons. The van der Waals surface area contributed by atoms with Gasteiger partial charge in [0.15, 0.2) is 6.61 Å². The van der Waals surface area contributed by atoms with E-state index < -0.39 is 41.1 Å². The lowest BCUT2D eigenvalue weighted by Crippen LogP contribution is -2.21. The molecule has 0 aliphatic heterocycles. The molecule has 2 aromatic carbocycles. The molecule has 4 rings (SSSR count). The molecule has 34 heavy (non-hydrogen) atoms. The highest BCUT2D eigenvalue weighted by Gasteiger charge is 2.33. The van der Waals surface area contributed by atoms with Crippen molar-refractivity contribution in [2.75, 3.05) is 11.9 Å². The van der Waals surface area contributed by atoms with Crippen molar-refractivity contribution < 1.29 is 31.9 Å². The Morgan fingerprint density at radius 3 is 2.53 bits per heavy atom. The van der Waals surface area contributed by atoms with Crippen LogP contribution >= 0.6 is 22.9 Å². The fourth-order valence-electron chi connectivity index (χ4n) is 3.12. The molecule has 2 heterocycles. The minimum absolute atomic E-state index is 0.144. The maximum Gasteiger partial charge on any atom is 0.417 e. The summed E-state index contributed by atoms with van der Waals surface area (Å²) in [5.41, 5.74) is -0.00753. The molecule has 0 spiro atoms. The molecule has 0 bridgehead atoms. The Morgan fingerprint density at radius 1 is 1.15 bits per heavy atom. The quantitative estimate of drug-likeness (QED) is 0.263. The van der Waals surface area contributed by atoms with Gasteiger partial charge in [-0.2, -0.15) is 18.3 Å². The Hall–Kier alpha value is -3.44. The number of hydrogen-bond acceptors (Lipinski definition) is 5. The lowest BCUT2D eigenvalue weighted by atomic mass is 10.2. The van der Waals surface area contributed by atoms with E-state index >= 15 is 0 Å². The maximum absolute atomic E-state index is 13.2. The van der Waals surface area contributed by atoms with E-state index in [1.54, 1.807) is 29.8 Å². The van der Waals surface area contributed by atoms with Gasteiger partial charge in [0, 0.05) is 11.1 Å². The number of nitrogens with zero attached hydrogens (tertiary/aromatic N) is 2. The van der Waals surface area contributed by atoms with Gasteiger partial charge in [0.1, 0.15) is 15.5 Å². The van der Waals surface area contributed by atoms with E-state index in [0.29, 0.717) is 27.7 Å². The molecule has 0 saturated heterocycles. The zero-order chi connectivity index (χ0) is 24.6. The van der Waals surface area contributed by atoms with Gasteiger partial charge in [-0.15, -0.1) is 11.3 Å².